The van der Waals surface area contributed by atoms with Crippen LogP contribution in [0.5, 0.6) is 0 Å². The van der Waals surface area contributed by atoms with Gasteiger partial charge in [-0.15, -0.1) is 0 Å². The lowest BCUT2D eigenvalue weighted by Crippen LogP contribution is -2.46. The van der Waals surface area contributed by atoms with Gasteiger partial charge in [-0.1, -0.05) is 12.1 Å². The van der Waals surface area contributed by atoms with Crippen molar-refractivity contribution in [2.45, 2.75) is 25.5 Å². The van der Waals surface area contributed by atoms with Gasteiger partial charge in [0.1, 0.15) is 0 Å². The monoisotopic (exact) mass is 288 g/mol. The molecule has 1 aliphatic rings. The Morgan fingerprint density at radius 1 is 1.43 bits per heavy atom. The minimum Gasteiger partial charge on any atom is -0.481 e. The highest BCUT2D eigenvalue weighted by atomic mass is 16.4. The highest BCUT2D eigenvalue weighted by Crippen LogP contribution is 2.36. The van der Waals surface area contributed by atoms with Crippen molar-refractivity contribution in [1.82, 2.24) is 9.88 Å². The Bertz CT molecular complexity index is 679. The Balaban J connectivity index is 1.94. The number of carbonyl (C=O) groups is 1. The SMILES string of the molecule is Cc1ccc2c(C3CC(O)C(C(=O)O)CN3C)c[nH]c2c1. The number of hydrogen-bond donors (Lipinski definition) is 3. The van der Waals surface area contributed by atoms with E-state index in [0.29, 0.717) is 13.0 Å². The summed E-state index contributed by atoms with van der Waals surface area (Å²) < 4.78 is 0. The second-order valence-corrected chi connectivity index (χ2v) is 6.00. The predicted molar refractivity (Wildman–Crippen MR) is 80.2 cm³/mol. The molecule has 1 aromatic heterocycles. The number of fused-ring (bicyclic) bond motifs is 1. The van der Waals surface area contributed by atoms with Crippen molar-refractivity contribution in [2.75, 3.05) is 13.6 Å². The van der Waals surface area contributed by atoms with Crippen molar-refractivity contribution < 1.29 is 15.0 Å². The zero-order valence-corrected chi connectivity index (χ0v) is 12.2. The van der Waals surface area contributed by atoms with Crippen molar-refractivity contribution in [2.24, 2.45) is 5.92 Å². The summed E-state index contributed by atoms with van der Waals surface area (Å²) in [6.07, 6.45) is 1.60. The first-order valence-electron chi connectivity index (χ1n) is 7.16. The van der Waals surface area contributed by atoms with Gasteiger partial charge in [0, 0.05) is 29.7 Å². The van der Waals surface area contributed by atoms with E-state index in [9.17, 15) is 9.90 Å². The molecule has 21 heavy (non-hydrogen) atoms. The van der Waals surface area contributed by atoms with Crippen molar-refractivity contribution in [1.29, 1.82) is 0 Å². The van der Waals surface area contributed by atoms with Crippen LogP contribution in [0.25, 0.3) is 10.9 Å². The molecular formula is C16H20N2O3. The number of aromatic amines is 1. The maximum absolute atomic E-state index is 11.2. The first kappa shape index (κ1) is 14.1. The van der Waals surface area contributed by atoms with Crippen molar-refractivity contribution in [3.05, 3.63) is 35.5 Å². The van der Waals surface area contributed by atoms with E-state index >= 15 is 0 Å². The minimum atomic E-state index is -0.928. The molecule has 0 bridgehead atoms. The van der Waals surface area contributed by atoms with Crippen LogP contribution in [0.3, 0.4) is 0 Å². The summed E-state index contributed by atoms with van der Waals surface area (Å²) in [5.41, 5.74) is 3.39. The number of H-pyrrole nitrogens is 1. The average Bonchev–Trinajstić information content (AvgIpc) is 2.83. The van der Waals surface area contributed by atoms with Gasteiger partial charge in [-0.25, -0.2) is 0 Å². The molecule has 3 unspecified atom stereocenters. The molecule has 1 aromatic carbocycles. The molecule has 5 heteroatoms. The maximum Gasteiger partial charge on any atom is 0.310 e. The first-order chi connectivity index (χ1) is 9.97. The zero-order valence-electron chi connectivity index (χ0n) is 12.2. The number of aryl methyl sites for hydroxylation is 1. The van der Waals surface area contributed by atoms with Gasteiger partial charge in [-0.05, 0) is 37.6 Å². The number of benzene rings is 1. The largest absolute Gasteiger partial charge is 0.481 e. The summed E-state index contributed by atoms with van der Waals surface area (Å²) in [6, 6.07) is 6.28. The minimum absolute atomic E-state index is 0.0343. The molecule has 1 fully saturated rings. The molecule has 0 radical (unpaired) electrons. The Morgan fingerprint density at radius 2 is 2.19 bits per heavy atom. The summed E-state index contributed by atoms with van der Waals surface area (Å²) >= 11 is 0. The van der Waals surface area contributed by atoms with Gasteiger partial charge in [0.25, 0.3) is 0 Å². The molecular weight excluding hydrogens is 268 g/mol. The Kier molecular flexibility index (Phi) is 3.47. The number of carboxylic acid groups (broad SMARTS) is 1. The summed E-state index contributed by atoms with van der Waals surface area (Å²) in [6.45, 7) is 2.41. The molecule has 2 heterocycles. The summed E-state index contributed by atoms with van der Waals surface area (Å²) in [7, 11) is 1.92. The molecule has 0 amide bonds. The van der Waals surface area contributed by atoms with Gasteiger partial charge < -0.3 is 15.2 Å². The summed E-state index contributed by atoms with van der Waals surface area (Å²) in [5.74, 6) is -1.64. The van der Waals surface area contributed by atoms with Crippen LogP contribution in [-0.4, -0.2) is 45.8 Å². The van der Waals surface area contributed by atoms with E-state index in [1.807, 2.05) is 25.1 Å². The van der Waals surface area contributed by atoms with Gasteiger partial charge in [-0.3, -0.25) is 9.69 Å². The lowest BCUT2D eigenvalue weighted by molar-refractivity contribution is -0.150. The molecule has 3 N–H and O–H groups in total. The fourth-order valence-corrected chi connectivity index (χ4v) is 3.28. The molecule has 3 rings (SSSR count). The van der Waals surface area contributed by atoms with E-state index in [2.05, 4.69) is 23.2 Å². The molecule has 2 aromatic rings. The standard InChI is InChI=1S/C16H20N2O3/c1-9-3-4-10-11(7-17-13(10)5-9)14-6-15(19)12(16(20)21)8-18(14)2/h3-5,7,12,14-15,17,19H,6,8H2,1-2H3,(H,20,21). The van der Waals surface area contributed by atoms with Crippen LogP contribution in [0, 0.1) is 12.8 Å². The van der Waals surface area contributed by atoms with Gasteiger partial charge >= 0.3 is 5.97 Å². The van der Waals surface area contributed by atoms with Crippen LogP contribution in [-0.2, 0) is 4.79 Å². The van der Waals surface area contributed by atoms with Gasteiger partial charge in [0.05, 0.1) is 12.0 Å². The van der Waals surface area contributed by atoms with Gasteiger partial charge in [-0.2, -0.15) is 0 Å². The quantitative estimate of drug-likeness (QED) is 0.789. The van der Waals surface area contributed by atoms with Crippen LogP contribution in [0.2, 0.25) is 0 Å². The second-order valence-electron chi connectivity index (χ2n) is 6.00. The van der Waals surface area contributed by atoms with E-state index in [0.717, 1.165) is 16.5 Å². The fourth-order valence-electron chi connectivity index (χ4n) is 3.28. The van der Waals surface area contributed by atoms with Gasteiger partial charge in [0.15, 0.2) is 0 Å². The number of aliphatic hydroxyl groups is 1. The number of carboxylic acids is 1. The van der Waals surface area contributed by atoms with E-state index in [-0.39, 0.29) is 6.04 Å². The molecule has 3 atom stereocenters. The summed E-state index contributed by atoms with van der Waals surface area (Å²) in [4.78, 5) is 16.5. The maximum atomic E-state index is 11.2. The molecule has 1 saturated heterocycles. The van der Waals surface area contributed by atoms with E-state index in [4.69, 9.17) is 5.11 Å². The highest BCUT2D eigenvalue weighted by molar-refractivity contribution is 5.84. The van der Waals surface area contributed by atoms with Gasteiger partial charge in [0.2, 0.25) is 0 Å². The number of aliphatic hydroxyl groups excluding tert-OH is 1. The third-order valence-corrected chi connectivity index (χ3v) is 4.49. The number of rotatable bonds is 2. The lowest BCUT2D eigenvalue weighted by Gasteiger charge is -2.38. The Hall–Kier alpha value is -1.85. The molecule has 5 nitrogen and oxygen atoms in total. The third kappa shape index (κ3) is 2.43. The van der Waals surface area contributed by atoms with E-state index in [1.54, 1.807) is 0 Å². The highest BCUT2D eigenvalue weighted by Gasteiger charge is 2.38. The second kappa shape index (κ2) is 5.16. The number of nitrogens with one attached hydrogen (secondary N) is 1. The molecule has 0 spiro atoms. The number of likely N-dealkylation sites (tertiary alicyclic amines) is 1. The fraction of sp³-hybridized carbons (Fsp3) is 0.438. The Labute approximate surface area is 123 Å². The summed E-state index contributed by atoms with van der Waals surface area (Å²) in [5, 5.41) is 20.4. The number of aromatic nitrogens is 1. The zero-order chi connectivity index (χ0) is 15.1. The molecule has 1 aliphatic heterocycles. The van der Waals surface area contributed by atoms with Crippen LogP contribution in [0.1, 0.15) is 23.6 Å². The van der Waals surface area contributed by atoms with Crippen molar-refractivity contribution >= 4 is 16.9 Å². The molecule has 112 valence electrons. The van der Waals surface area contributed by atoms with E-state index in [1.165, 1.54) is 5.56 Å². The first-order valence-corrected chi connectivity index (χ1v) is 7.16. The van der Waals surface area contributed by atoms with Crippen LogP contribution in [0.15, 0.2) is 24.4 Å². The number of nitrogens with zero attached hydrogens (tertiary/aromatic N) is 1. The average molecular weight is 288 g/mol. The smallest absolute Gasteiger partial charge is 0.310 e. The van der Waals surface area contributed by atoms with Crippen molar-refractivity contribution in [3.8, 4) is 0 Å². The topological polar surface area (TPSA) is 76.6 Å². The van der Waals surface area contributed by atoms with E-state index < -0.39 is 18.0 Å². The van der Waals surface area contributed by atoms with Crippen LogP contribution < -0.4 is 0 Å². The number of aliphatic carboxylic acids is 1. The predicted octanol–water partition coefficient (Wildman–Crippen LogP) is 1.91. The number of piperidine rings is 1. The molecule has 0 saturated carbocycles. The number of hydrogen-bond acceptors (Lipinski definition) is 3. The normalized spacial score (nSPS) is 27.1. The lowest BCUT2D eigenvalue weighted by atomic mass is 9.87. The van der Waals surface area contributed by atoms with Crippen LogP contribution in [0.4, 0.5) is 0 Å². The molecule has 0 aliphatic carbocycles. The van der Waals surface area contributed by atoms with Crippen LogP contribution >= 0.6 is 0 Å². The van der Waals surface area contributed by atoms with Crippen molar-refractivity contribution in [3.63, 3.8) is 0 Å². The third-order valence-electron chi connectivity index (χ3n) is 4.49. The Morgan fingerprint density at radius 3 is 2.90 bits per heavy atom.